The van der Waals surface area contributed by atoms with Crippen molar-refractivity contribution in [3.8, 4) is 0 Å². The normalized spacial score (nSPS) is 12.6. The molecule has 2 N–H and O–H groups in total. The van der Waals surface area contributed by atoms with Gasteiger partial charge >= 0.3 is 5.97 Å². The van der Waals surface area contributed by atoms with Crippen LogP contribution in [0.5, 0.6) is 0 Å². The smallest absolute Gasteiger partial charge is 0.325 e. The zero-order chi connectivity index (χ0) is 11.7. The van der Waals surface area contributed by atoms with E-state index in [-0.39, 0.29) is 0 Å². The summed E-state index contributed by atoms with van der Waals surface area (Å²) >= 11 is 1.32. The highest BCUT2D eigenvalue weighted by atomic mass is 32.1. The number of nitrogens with zero attached hydrogens (tertiary/aromatic N) is 2. The summed E-state index contributed by atoms with van der Waals surface area (Å²) < 4.78 is 4.19. The van der Waals surface area contributed by atoms with E-state index in [9.17, 15) is 4.79 Å². The predicted octanol–water partition coefficient (Wildman–Crippen LogP) is 1.88. The van der Waals surface area contributed by atoms with Crippen LogP contribution in [0.15, 0.2) is 12.1 Å². The number of anilines is 1. The molecule has 2 aromatic rings. The molecule has 0 spiro atoms. The molecule has 0 radical (unpaired) electrons. The Morgan fingerprint density at radius 1 is 1.56 bits per heavy atom. The van der Waals surface area contributed by atoms with Gasteiger partial charge in [-0.15, -0.1) is 0 Å². The molecule has 0 aliphatic heterocycles. The zero-order valence-corrected chi connectivity index (χ0v) is 9.71. The molecule has 0 amide bonds. The molecule has 0 aliphatic rings. The van der Waals surface area contributed by atoms with Crippen LogP contribution in [0, 0.1) is 6.92 Å². The van der Waals surface area contributed by atoms with Gasteiger partial charge in [0.2, 0.25) is 0 Å². The van der Waals surface area contributed by atoms with Gasteiger partial charge in [0, 0.05) is 5.39 Å². The lowest BCUT2D eigenvalue weighted by Gasteiger charge is -2.09. The number of hydrogen-bond acceptors (Lipinski definition) is 5. The lowest BCUT2D eigenvalue weighted by molar-refractivity contribution is -0.137. The highest BCUT2D eigenvalue weighted by Gasteiger charge is 2.11. The van der Waals surface area contributed by atoms with Crippen molar-refractivity contribution in [3.05, 3.63) is 17.8 Å². The summed E-state index contributed by atoms with van der Waals surface area (Å²) in [6.45, 7) is 3.50. The maximum atomic E-state index is 10.7. The lowest BCUT2D eigenvalue weighted by Crippen LogP contribution is -2.25. The van der Waals surface area contributed by atoms with Crippen LogP contribution >= 0.6 is 11.5 Å². The van der Waals surface area contributed by atoms with Crippen LogP contribution in [0.4, 0.5) is 5.82 Å². The second kappa shape index (κ2) is 4.05. The number of aryl methyl sites for hydroxylation is 1. The van der Waals surface area contributed by atoms with Crippen LogP contribution in [0.1, 0.15) is 12.6 Å². The summed E-state index contributed by atoms with van der Waals surface area (Å²) in [4.78, 5) is 15.8. The van der Waals surface area contributed by atoms with Crippen LogP contribution in [-0.4, -0.2) is 26.5 Å². The molecule has 16 heavy (non-hydrogen) atoms. The molecule has 2 aromatic heterocycles. The third kappa shape index (κ3) is 1.96. The van der Waals surface area contributed by atoms with Crippen molar-refractivity contribution in [2.75, 3.05) is 5.32 Å². The first-order chi connectivity index (χ1) is 7.58. The van der Waals surface area contributed by atoms with Gasteiger partial charge in [-0.05, 0) is 37.5 Å². The monoisotopic (exact) mass is 237 g/mol. The standard InChI is InChI=1S/C10H11N3O2S/c1-5-7-3-4-8(11-6(2)10(14)15)12-9(7)16-13-5/h3-4,6H,1-2H3,(H,11,12)(H,14,15). The average Bonchev–Trinajstić information content (AvgIpc) is 2.60. The first-order valence-corrected chi connectivity index (χ1v) is 5.57. The number of rotatable bonds is 3. The van der Waals surface area contributed by atoms with Crippen molar-refractivity contribution in [2.45, 2.75) is 19.9 Å². The largest absolute Gasteiger partial charge is 0.480 e. The molecular formula is C10H11N3O2S. The van der Waals surface area contributed by atoms with Gasteiger partial charge in [-0.2, -0.15) is 4.37 Å². The minimum Gasteiger partial charge on any atom is -0.480 e. The summed E-state index contributed by atoms with van der Waals surface area (Å²) in [5.41, 5.74) is 0.949. The van der Waals surface area contributed by atoms with Gasteiger partial charge in [-0.1, -0.05) is 0 Å². The number of nitrogens with one attached hydrogen (secondary N) is 1. The Morgan fingerprint density at radius 3 is 3.00 bits per heavy atom. The first-order valence-electron chi connectivity index (χ1n) is 4.80. The Kier molecular flexibility index (Phi) is 2.74. The summed E-state index contributed by atoms with van der Waals surface area (Å²) in [7, 11) is 0. The van der Waals surface area contributed by atoms with E-state index in [2.05, 4.69) is 14.7 Å². The maximum absolute atomic E-state index is 10.7. The molecule has 0 bridgehead atoms. The van der Waals surface area contributed by atoms with Crippen LogP contribution < -0.4 is 5.32 Å². The lowest BCUT2D eigenvalue weighted by atomic mass is 10.3. The quantitative estimate of drug-likeness (QED) is 0.852. The molecule has 6 heteroatoms. The van der Waals surface area contributed by atoms with E-state index in [0.29, 0.717) is 5.82 Å². The van der Waals surface area contributed by atoms with Crippen molar-refractivity contribution < 1.29 is 9.90 Å². The first kappa shape index (κ1) is 10.8. The van der Waals surface area contributed by atoms with Gasteiger partial charge in [-0.25, -0.2) is 4.98 Å². The second-order valence-corrected chi connectivity index (χ2v) is 4.27. The topological polar surface area (TPSA) is 75.1 Å². The Bertz CT molecular complexity index is 538. The number of hydrogen-bond donors (Lipinski definition) is 2. The third-order valence-electron chi connectivity index (χ3n) is 2.25. The summed E-state index contributed by atoms with van der Waals surface area (Å²) in [5.74, 6) is -0.339. The summed E-state index contributed by atoms with van der Waals surface area (Å²) in [6, 6.07) is 3.01. The number of aliphatic carboxylic acids is 1. The fraction of sp³-hybridized carbons (Fsp3) is 0.300. The van der Waals surface area contributed by atoms with E-state index < -0.39 is 12.0 Å². The number of carboxylic acids is 1. The second-order valence-electron chi connectivity index (χ2n) is 3.52. The fourth-order valence-electron chi connectivity index (χ4n) is 1.31. The van der Waals surface area contributed by atoms with Gasteiger partial charge in [0.1, 0.15) is 16.7 Å². The molecule has 2 heterocycles. The maximum Gasteiger partial charge on any atom is 0.325 e. The number of carbonyl (C=O) groups is 1. The van der Waals surface area contributed by atoms with Crippen LogP contribution in [0.3, 0.4) is 0 Å². The number of carboxylic acid groups (broad SMARTS) is 1. The zero-order valence-electron chi connectivity index (χ0n) is 8.89. The molecular weight excluding hydrogens is 226 g/mol. The molecule has 0 aromatic carbocycles. The molecule has 0 aliphatic carbocycles. The van der Waals surface area contributed by atoms with Gasteiger partial charge in [0.25, 0.3) is 0 Å². The average molecular weight is 237 g/mol. The predicted molar refractivity (Wildman–Crippen MR) is 62.9 cm³/mol. The van der Waals surface area contributed by atoms with Crippen LogP contribution in [0.2, 0.25) is 0 Å². The summed E-state index contributed by atoms with van der Waals surface area (Å²) in [5, 5.41) is 12.6. The number of pyridine rings is 1. The highest BCUT2D eigenvalue weighted by molar-refractivity contribution is 7.12. The van der Waals surface area contributed by atoms with Gasteiger partial charge < -0.3 is 10.4 Å². The van der Waals surface area contributed by atoms with Gasteiger partial charge in [0.15, 0.2) is 0 Å². The van der Waals surface area contributed by atoms with Crippen molar-refractivity contribution in [1.82, 2.24) is 9.36 Å². The molecule has 0 saturated carbocycles. The number of fused-ring (bicyclic) bond motifs is 1. The Hall–Kier alpha value is -1.69. The van der Waals surface area contributed by atoms with Gasteiger partial charge in [-0.3, -0.25) is 4.79 Å². The minimum atomic E-state index is -0.901. The highest BCUT2D eigenvalue weighted by Crippen LogP contribution is 2.22. The SMILES string of the molecule is Cc1nsc2nc(NC(C)C(=O)O)ccc12. The van der Waals surface area contributed by atoms with Crippen molar-refractivity contribution in [3.63, 3.8) is 0 Å². The van der Waals surface area contributed by atoms with Gasteiger partial charge in [0.05, 0.1) is 5.69 Å². The molecule has 1 unspecified atom stereocenters. The minimum absolute atomic E-state index is 0.561. The van der Waals surface area contributed by atoms with E-state index in [1.807, 2.05) is 13.0 Å². The number of aromatic nitrogens is 2. The molecule has 5 nitrogen and oxygen atoms in total. The van der Waals surface area contributed by atoms with E-state index in [0.717, 1.165) is 15.9 Å². The van der Waals surface area contributed by atoms with Crippen molar-refractivity contribution in [1.29, 1.82) is 0 Å². The molecule has 0 saturated heterocycles. The third-order valence-corrected chi connectivity index (χ3v) is 3.10. The molecule has 0 fully saturated rings. The van der Waals surface area contributed by atoms with E-state index >= 15 is 0 Å². The molecule has 84 valence electrons. The fourth-order valence-corrected chi connectivity index (χ4v) is 2.09. The Labute approximate surface area is 96.3 Å². The van der Waals surface area contributed by atoms with Crippen LogP contribution in [0.25, 0.3) is 10.2 Å². The van der Waals surface area contributed by atoms with E-state index in [1.54, 1.807) is 13.0 Å². The van der Waals surface area contributed by atoms with Crippen LogP contribution in [-0.2, 0) is 4.79 Å². The Balaban J connectivity index is 2.29. The van der Waals surface area contributed by atoms with Crippen molar-refractivity contribution >= 4 is 33.5 Å². The van der Waals surface area contributed by atoms with E-state index in [1.165, 1.54) is 11.5 Å². The molecule has 2 rings (SSSR count). The summed E-state index contributed by atoms with van der Waals surface area (Å²) in [6.07, 6.45) is 0. The molecule has 1 atom stereocenters. The van der Waals surface area contributed by atoms with Crippen molar-refractivity contribution in [2.24, 2.45) is 0 Å². The Morgan fingerprint density at radius 2 is 2.31 bits per heavy atom. The van der Waals surface area contributed by atoms with E-state index in [4.69, 9.17) is 5.11 Å².